The molecule has 2 aliphatic heterocycles. The number of nitrogens with zero attached hydrogens (tertiary/aromatic N) is 2. The van der Waals surface area contributed by atoms with Gasteiger partial charge in [-0.1, -0.05) is 60.7 Å². The summed E-state index contributed by atoms with van der Waals surface area (Å²) < 4.78 is 5.89. The quantitative estimate of drug-likeness (QED) is 0.448. The minimum atomic E-state index is -1.20. The SMILES string of the molecule is CN1N=C2CCNC(C(=O)[C@@H](COCc3ccccc3)NC(=O)C(C)(C)N)[C@@]2(Cc2ccccc2)C1=O. The third-order valence-corrected chi connectivity index (χ3v) is 6.90. The molecule has 2 aromatic rings. The van der Waals surface area contributed by atoms with E-state index in [0.29, 0.717) is 25.1 Å². The van der Waals surface area contributed by atoms with Gasteiger partial charge in [0, 0.05) is 20.0 Å². The van der Waals surface area contributed by atoms with E-state index in [1.54, 1.807) is 20.9 Å². The molecule has 0 spiro atoms. The molecule has 0 radical (unpaired) electrons. The second-order valence-corrected chi connectivity index (χ2v) is 10.3. The highest BCUT2D eigenvalue weighted by Crippen LogP contribution is 2.40. The lowest BCUT2D eigenvalue weighted by Crippen LogP contribution is -2.67. The monoisotopic (exact) mass is 505 g/mol. The van der Waals surface area contributed by atoms with Crippen LogP contribution in [0.1, 0.15) is 31.4 Å². The molecular formula is C28H35N5O4. The molecule has 2 aromatic carbocycles. The van der Waals surface area contributed by atoms with Crippen molar-refractivity contribution in [1.29, 1.82) is 0 Å². The number of ketones is 1. The first kappa shape index (κ1) is 26.7. The van der Waals surface area contributed by atoms with Crippen molar-refractivity contribution in [2.75, 3.05) is 20.2 Å². The van der Waals surface area contributed by atoms with Crippen LogP contribution in [0.15, 0.2) is 65.8 Å². The second kappa shape index (κ2) is 10.9. The molecule has 2 heterocycles. The number of nitrogens with two attached hydrogens (primary N) is 1. The minimum absolute atomic E-state index is 0.0638. The van der Waals surface area contributed by atoms with Crippen molar-refractivity contribution in [3.8, 4) is 0 Å². The highest BCUT2D eigenvalue weighted by Gasteiger charge is 2.59. The van der Waals surface area contributed by atoms with E-state index in [9.17, 15) is 14.4 Å². The van der Waals surface area contributed by atoms with Crippen LogP contribution in [0.25, 0.3) is 0 Å². The zero-order valence-corrected chi connectivity index (χ0v) is 21.6. The lowest BCUT2D eigenvalue weighted by molar-refractivity contribution is -0.142. The number of fused-ring (bicyclic) bond motifs is 1. The van der Waals surface area contributed by atoms with Gasteiger partial charge in [0.25, 0.3) is 5.91 Å². The lowest BCUT2D eigenvalue weighted by atomic mass is 9.66. The van der Waals surface area contributed by atoms with Gasteiger partial charge in [-0.25, -0.2) is 5.01 Å². The minimum Gasteiger partial charge on any atom is -0.374 e. The lowest BCUT2D eigenvalue weighted by Gasteiger charge is -2.41. The molecule has 196 valence electrons. The van der Waals surface area contributed by atoms with Crippen molar-refractivity contribution in [1.82, 2.24) is 15.6 Å². The van der Waals surface area contributed by atoms with E-state index in [1.165, 1.54) is 5.01 Å². The summed E-state index contributed by atoms with van der Waals surface area (Å²) in [5, 5.41) is 11.9. The molecule has 9 heteroatoms. The van der Waals surface area contributed by atoms with Crippen LogP contribution in [-0.4, -0.2) is 66.1 Å². The number of hydrogen-bond acceptors (Lipinski definition) is 7. The zero-order chi connectivity index (χ0) is 26.6. The van der Waals surface area contributed by atoms with Gasteiger partial charge in [0.2, 0.25) is 5.91 Å². The number of piperidine rings is 1. The molecule has 0 aliphatic carbocycles. The van der Waals surface area contributed by atoms with E-state index in [2.05, 4.69) is 15.7 Å². The Morgan fingerprint density at radius 2 is 1.78 bits per heavy atom. The molecule has 2 aliphatic rings. The molecule has 0 saturated carbocycles. The Balaban J connectivity index is 1.64. The molecule has 4 rings (SSSR count). The van der Waals surface area contributed by atoms with Crippen molar-refractivity contribution in [3.05, 3.63) is 71.8 Å². The van der Waals surface area contributed by atoms with Crippen molar-refractivity contribution < 1.29 is 19.1 Å². The number of hydrazone groups is 1. The van der Waals surface area contributed by atoms with Crippen LogP contribution in [0.3, 0.4) is 0 Å². The largest absolute Gasteiger partial charge is 0.374 e. The Morgan fingerprint density at radius 1 is 1.16 bits per heavy atom. The molecule has 1 saturated heterocycles. The highest BCUT2D eigenvalue weighted by atomic mass is 16.5. The van der Waals surface area contributed by atoms with Gasteiger partial charge in [-0.2, -0.15) is 5.10 Å². The number of rotatable bonds is 10. The van der Waals surface area contributed by atoms with Gasteiger partial charge in [0.1, 0.15) is 11.5 Å². The summed E-state index contributed by atoms with van der Waals surface area (Å²) >= 11 is 0. The molecule has 0 bridgehead atoms. The average Bonchev–Trinajstić information content (AvgIpc) is 3.13. The van der Waals surface area contributed by atoms with Crippen molar-refractivity contribution in [2.24, 2.45) is 16.3 Å². The van der Waals surface area contributed by atoms with Crippen LogP contribution in [0.4, 0.5) is 0 Å². The van der Waals surface area contributed by atoms with E-state index < -0.39 is 28.9 Å². The Hall–Kier alpha value is -3.40. The van der Waals surface area contributed by atoms with Crippen molar-refractivity contribution >= 4 is 23.3 Å². The summed E-state index contributed by atoms with van der Waals surface area (Å²) in [6.07, 6.45) is 0.858. The summed E-state index contributed by atoms with van der Waals surface area (Å²) in [5.74, 6) is -1.06. The summed E-state index contributed by atoms with van der Waals surface area (Å²) in [6.45, 7) is 3.84. The van der Waals surface area contributed by atoms with Gasteiger partial charge in [-0.3, -0.25) is 14.4 Å². The van der Waals surface area contributed by atoms with Crippen LogP contribution in [0, 0.1) is 5.41 Å². The Labute approximate surface area is 217 Å². The summed E-state index contributed by atoms with van der Waals surface area (Å²) in [6, 6.07) is 17.3. The Morgan fingerprint density at radius 3 is 2.41 bits per heavy atom. The molecular weight excluding hydrogens is 470 g/mol. The molecule has 37 heavy (non-hydrogen) atoms. The number of nitrogens with one attached hydrogen (secondary N) is 2. The van der Waals surface area contributed by atoms with Gasteiger partial charge < -0.3 is 21.1 Å². The second-order valence-electron chi connectivity index (χ2n) is 10.3. The average molecular weight is 506 g/mol. The standard InChI is InChI=1S/C28H35N5O4/c1-27(2,29)25(35)31-21(18-37-17-20-12-8-5-9-13-20)23(34)24-28(16-19-10-6-4-7-11-19)22(14-15-30-24)32-33(3)26(28)36/h4-13,21,24,30H,14-18,29H2,1-3H3,(H,31,35)/t21-,24?,28+/m1/s1. The Bertz CT molecular complexity index is 1160. The molecule has 1 unspecified atom stereocenters. The molecule has 1 fully saturated rings. The number of hydrogen-bond donors (Lipinski definition) is 3. The number of Topliss-reactive ketones (excluding diaryl/α,β-unsaturated/α-hetero) is 1. The fraction of sp³-hybridized carbons (Fsp3) is 0.429. The summed E-state index contributed by atoms with van der Waals surface area (Å²) in [5.41, 5.74) is 6.17. The van der Waals surface area contributed by atoms with Crippen molar-refractivity contribution in [2.45, 2.75) is 50.9 Å². The molecule has 9 nitrogen and oxygen atoms in total. The first-order valence-electron chi connectivity index (χ1n) is 12.5. The first-order chi connectivity index (χ1) is 17.6. The smallest absolute Gasteiger partial charge is 0.256 e. The maximum Gasteiger partial charge on any atom is 0.256 e. The van der Waals surface area contributed by atoms with Crippen LogP contribution in [0.2, 0.25) is 0 Å². The number of carbonyl (C=O) groups is 3. The van der Waals surface area contributed by atoms with Crippen molar-refractivity contribution in [3.63, 3.8) is 0 Å². The van der Waals surface area contributed by atoms with E-state index in [1.807, 2.05) is 60.7 Å². The van der Waals surface area contributed by atoms with Crippen LogP contribution in [0.5, 0.6) is 0 Å². The highest BCUT2D eigenvalue weighted by molar-refractivity contribution is 6.17. The number of amides is 2. The Kier molecular flexibility index (Phi) is 7.87. The zero-order valence-electron chi connectivity index (χ0n) is 21.6. The van der Waals surface area contributed by atoms with E-state index in [4.69, 9.17) is 10.5 Å². The predicted octanol–water partition coefficient (Wildman–Crippen LogP) is 1.41. The molecule has 4 N–H and O–H groups in total. The molecule has 0 aromatic heterocycles. The number of benzene rings is 2. The van der Waals surface area contributed by atoms with E-state index >= 15 is 0 Å². The third-order valence-electron chi connectivity index (χ3n) is 6.90. The fourth-order valence-electron chi connectivity index (χ4n) is 4.95. The van der Waals surface area contributed by atoms with Gasteiger partial charge in [0.05, 0.1) is 30.5 Å². The third kappa shape index (κ3) is 5.64. The summed E-state index contributed by atoms with van der Waals surface area (Å²) in [7, 11) is 1.61. The van der Waals surface area contributed by atoms with Crippen LogP contribution < -0.4 is 16.4 Å². The normalized spacial score (nSPS) is 22.3. The summed E-state index contributed by atoms with van der Waals surface area (Å²) in [4.78, 5) is 40.7. The molecule has 3 atom stereocenters. The number of ether oxygens (including phenoxy) is 1. The topological polar surface area (TPSA) is 126 Å². The van der Waals surface area contributed by atoms with Gasteiger partial charge >= 0.3 is 0 Å². The van der Waals surface area contributed by atoms with Gasteiger partial charge in [-0.05, 0) is 31.4 Å². The van der Waals surface area contributed by atoms with Crippen LogP contribution >= 0.6 is 0 Å². The fourth-order valence-corrected chi connectivity index (χ4v) is 4.95. The maximum atomic E-state index is 14.2. The van der Waals surface area contributed by atoms with E-state index in [-0.39, 0.29) is 24.9 Å². The predicted molar refractivity (Wildman–Crippen MR) is 140 cm³/mol. The molecule has 2 amide bonds. The van der Waals surface area contributed by atoms with Gasteiger partial charge in [-0.15, -0.1) is 0 Å². The number of carbonyl (C=O) groups excluding carboxylic acids is 3. The maximum absolute atomic E-state index is 14.2. The van der Waals surface area contributed by atoms with Gasteiger partial charge in [0.15, 0.2) is 5.78 Å². The van der Waals surface area contributed by atoms with Crippen LogP contribution in [-0.2, 0) is 32.1 Å². The first-order valence-corrected chi connectivity index (χ1v) is 12.5. The van der Waals surface area contributed by atoms with E-state index in [0.717, 1.165) is 11.1 Å².